The van der Waals surface area contributed by atoms with Crippen molar-refractivity contribution in [2.45, 2.75) is 19.3 Å². The predicted molar refractivity (Wildman–Crippen MR) is 102 cm³/mol. The summed E-state index contributed by atoms with van der Waals surface area (Å²) in [7, 11) is 2.17. The maximum absolute atomic E-state index is 12.5. The van der Waals surface area contributed by atoms with Crippen molar-refractivity contribution in [1.82, 2.24) is 14.7 Å². The van der Waals surface area contributed by atoms with Gasteiger partial charge in [0.2, 0.25) is 5.91 Å². The van der Waals surface area contributed by atoms with Crippen LogP contribution in [0.2, 0.25) is 0 Å². The molecular weight excluding hydrogens is 334 g/mol. The van der Waals surface area contributed by atoms with Gasteiger partial charge in [-0.25, -0.2) is 0 Å². The number of aliphatic hydroxyl groups excluding tert-OH is 1. The number of aryl methyl sites for hydroxylation is 1. The molecule has 2 aliphatic rings. The van der Waals surface area contributed by atoms with Gasteiger partial charge in [0, 0.05) is 69.6 Å². The molecule has 2 atom stereocenters. The fraction of sp³-hybridized carbons (Fsp3) is 0.737. The zero-order chi connectivity index (χ0) is 17.6. The summed E-state index contributed by atoms with van der Waals surface area (Å²) in [5.74, 6) is 0.909. The average molecular weight is 366 g/mol. The maximum Gasteiger partial charge on any atom is 0.222 e. The molecule has 5 nitrogen and oxygen atoms in total. The summed E-state index contributed by atoms with van der Waals surface area (Å²) >= 11 is 1.76. The molecule has 0 saturated carbocycles. The van der Waals surface area contributed by atoms with E-state index in [4.69, 9.17) is 0 Å². The molecule has 1 N–H and O–H groups in total. The topological polar surface area (TPSA) is 47.0 Å². The molecule has 140 valence electrons. The Kier molecular flexibility index (Phi) is 6.87. The highest BCUT2D eigenvalue weighted by atomic mass is 32.1. The van der Waals surface area contributed by atoms with Crippen molar-refractivity contribution in [3.63, 3.8) is 0 Å². The Morgan fingerprint density at radius 3 is 2.68 bits per heavy atom. The number of amides is 1. The van der Waals surface area contributed by atoms with Gasteiger partial charge in [-0.05, 0) is 37.3 Å². The minimum Gasteiger partial charge on any atom is -0.396 e. The molecule has 1 aromatic rings. The molecule has 0 spiro atoms. The molecule has 2 saturated heterocycles. The molecule has 0 aliphatic carbocycles. The van der Waals surface area contributed by atoms with Gasteiger partial charge in [0.25, 0.3) is 0 Å². The number of aliphatic hydroxyl groups is 1. The molecular formula is C19H31N3O2S. The highest BCUT2D eigenvalue weighted by Gasteiger charge is 2.35. The van der Waals surface area contributed by atoms with Crippen molar-refractivity contribution < 1.29 is 9.90 Å². The van der Waals surface area contributed by atoms with E-state index in [2.05, 4.69) is 34.4 Å². The first-order chi connectivity index (χ1) is 12.2. The van der Waals surface area contributed by atoms with Crippen molar-refractivity contribution in [2.75, 3.05) is 59.5 Å². The summed E-state index contributed by atoms with van der Waals surface area (Å²) in [6, 6.07) is 4.20. The fourth-order valence-corrected chi connectivity index (χ4v) is 4.70. The van der Waals surface area contributed by atoms with Crippen LogP contribution in [0.3, 0.4) is 0 Å². The van der Waals surface area contributed by atoms with Gasteiger partial charge in [-0.1, -0.05) is 6.07 Å². The second-order valence-corrected chi connectivity index (χ2v) is 8.57. The summed E-state index contributed by atoms with van der Waals surface area (Å²) < 4.78 is 0. The molecule has 2 fully saturated rings. The second-order valence-electron chi connectivity index (χ2n) is 7.54. The van der Waals surface area contributed by atoms with E-state index in [1.165, 1.54) is 4.88 Å². The van der Waals surface area contributed by atoms with Crippen LogP contribution in [0.1, 0.15) is 17.7 Å². The van der Waals surface area contributed by atoms with E-state index in [-0.39, 0.29) is 18.4 Å². The SMILES string of the molecule is CN1CCN(CC2CN(C(=O)CCCc3cccs3)CC2CO)CC1. The van der Waals surface area contributed by atoms with Crippen LogP contribution in [-0.2, 0) is 11.2 Å². The number of carbonyl (C=O) groups excluding carboxylic acids is 1. The third-order valence-corrected chi connectivity index (χ3v) is 6.58. The fourth-order valence-electron chi connectivity index (χ4n) is 3.94. The van der Waals surface area contributed by atoms with E-state index >= 15 is 0 Å². The highest BCUT2D eigenvalue weighted by Crippen LogP contribution is 2.25. The van der Waals surface area contributed by atoms with Crippen LogP contribution < -0.4 is 0 Å². The van der Waals surface area contributed by atoms with Crippen LogP contribution in [0.4, 0.5) is 0 Å². The Balaban J connectivity index is 1.44. The number of hydrogen-bond donors (Lipinski definition) is 1. The van der Waals surface area contributed by atoms with Crippen molar-refractivity contribution in [3.8, 4) is 0 Å². The van der Waals surface area contributed by atoms with Crippen LogP contribution in [0.15, 0.2) is 17.5 Å². The highest BCUT2D eigenvalue weighted by molar-refractivity contribution is 7.09. The molecule has 6 heteroatoms. The van der Waals surface area contributed by atoms with Crippen LogP contribution in [0.25, 0.3) is 0 Å². The van der Waals surface area contributed by atoms with Crippen LogP contribution in [0, 0.1) is 11.8 Å². The number of nitrogens with zero attached hydrogens (tertiary/aromatic N) is 3. The number of piperazine rings is 1. The summed E-state index contributed by atoms with van der Waals surface area (Å²) in [4.78, 5) is 20.8. The smallest absolute Gasteiger partial charge is 0.222 e. The summed E-state index contributed by atoms with van der Waals surface area (Å²) in [6.07, 6.45) is 2.53. The molecule has 0 aromatic carbocycles. The Labute approximate surface area is 155 Å². The second kappa shape index (κ2) is 9.12. The Hall–Kier alpha value is -0.950. The lowest BCUT2D eigenvalue weighted by Crippen LogP contribution is -2.47. The normalized spacial score (nSPS) is 25.6. The first-order valence-electron chi connectivity index (χ1n) is 9.47. The first-order valence-corrected chi connectivity index (χ1v) is 10.4. The lowest BCUT2D eigenvalue weighted by molar-refractivity contribution is -0.130. The number of rotatable bonds is 7. The van der Waals surface area contributed by atoms with E-state index in [0.29, 0.717) is 12.3 Å². The van der Waals surface area contributed by atoms with Gasteiger partial charge in [-0.3, -0.25) is 4.79 Å². The molecule has 0 radical (unpaired) electrons. The Morgan fingerprint density at radius 2 is 2.00 bits per heavy atom. The third-order valence-electron chi connectivity index (χ3n) is 5.65. The molecule has 2 aliphatic heterocycles. The molecule has 2 unspecified atom stereocenters. The van der Waals surface area contributed by atoms with E-state index in [1.807, 2.05) is 4.90 Å². The van der Waals surface area contributed by atoms with Crippen molar-refractivity contribution in [2.24, 2.45) is 11.8 Å². The number of likely N-dealkylation sites (tertiary alicyclic amines) is 1. The zero-order valence-corrected chi connectivity index (χ0v) is 16.1. The number of hydrogen-bond acceptors (Lipinski definition) is 5. The van der Waals surface area contributed by atoms with Gasteiger partial charge in [0.05, 0.1) is 0 Å². The number of likely N-dealkylation sites (N-methyl/N-ethyl adjacent to an activating group) is 1. The molecule has 3 rings (SSSR count). The maximum atomic E-state index is 12.5. The first kappa shape index (κ1) is 18.8. The lowest BCUT2D eigenvalue weighted by Gasteiger charge is -2.34. The van der Waals surface area contributed by atoms with E-state index in [9.17, 15) is 9.90 Å². The van der Waals surface area contributed by atoms with Gasteiger partial charge in [0.15, 0.2) is 0 Å². The van der Waals surface area contributed by atoms with Crippen molar-refractivity contribution in [3.05, 3.63) is 22.4 Å². The van der Waals surface area contributed by atoms with E-state index in [0.717, 1.165) is 58.7 Å². The van der Waals surface area contributed by atoms with Crippen LogP contribution in [-0.4, -0.2) is 85.2 Å². The Bertz CT molecular complexity index is 529. The van der Waals surface area contributed by atoms with Gasteiger partial charge < -0.3 is 19.8 Å². The molecule has 25 heavy (non-hydrogen) atoms. The van der Waals surface area contributed by atoms with Crippen molar-refractivity contribution in [1.29, 1.82) is 0 Å². The quantitative estimate of drug-likeness (QED) is 0.793. The summed E-state index contributed by atoms with van der Waals surface area (Å²) in [5.41, 5.74) is 0. The minimum absolute atomic E-state index is 0.192. The molecule has 1 amide bonds. The number of carbonyl (C=O) groups is 1. The minimum atomic E-state index is 0.192. The predicted octanol–water partition coefficient (Wildman–Crippen LogP) is 1.39. The van der Waals surface area contributed by atoms with E-state index < -0.39 is 0 Å². The molecule has 3 heterocycles. The standard InChI is InChI=1S/C19H31N3O2S/c1-20-7-9-21(10-8-20)12-16-13-22(14-17(16)15-23)19(24)6-2-4-18-5-3-11-25-18/h3,5,11,16-17,23H,2,4,6-10,12-15H2,1H3. The van der Waals surface area contributed by atoms with Gasteiger partial charge in [-0.2, -0.15) is 0 Å². The summed E-state index contributed by atoms with van der Waals surface area (Å²) in [6.45, 7) is 7.17. The van der Waals surface area contributed by atoms with Crippen LogP contribution >= 0.6 is 11.3 Å². The molecule has 1 aromatic heterocycles. The largest absolute Gasteiger partial charge is 0.396 e. The van der Waals surface area contributed by atoms with Gasteiger partial charge >= 0.3 is 0 Å². The third kappa shape index (κ3) is 5.26. The molecule has 0 bridgehead atoms. The average Bonchev–Trinajstić information content (AvgIpc) is 3.26. The monoisotopic (exact) mass is 365 g/mol. The van der Waals surface area contributed by atoms with Gasteiger partial charge in [0.1, 0.15) is 0 Å². The Morgan fingerprint density at radius 1 is 1.24 bits per heavy atom. The van der Waals surface area contributed by atoms with Crippen molar-refractivity contribution >= 4 is 17.2 Å². The van der Waals surface area contributed by atoms with E-state index in [1.54, 1.807) is 11.3 Å². The van der Waals surface area contributed by atoms with Crippen LogP contribution in [0.5, 0.6) is 0 Å². The number of thiophene rings is 1. The zero-order valence-electron chi connectivity index (χ0n) is 15.3. The summed E-state index contributed by atoms with van der Waals surface area (Å²) in [5, 5.41) is 11.8. The lowest BCUT2D eigenvalue weighted by atomic mass is 9.96. The van der Waals surface area contributed by atoms with Gasteiger partial charge in [-0.15, -0.1) is 11.3 Å².